The highest BCUT2D eigenvalue weighted by atomic mass is 35.5. The zero-order valence-electron chi connectivity index (χ0n) is 12.8. The van der Waals surface area contributed by atoms with E-state index in [1.54, 1.807) is 11.0 Å². The van der Waals surface area contributed by atoms with Gasteiger partial charge in [0.05, 0.1) is 0 Å². The summed E-state index contributed by atoms with van der Waals surface area (Å²) in [7, 11) is 0. The number of carbonyl (C=O) groups excluding carboxylic acids is 2. The lowest BCUT2D eigenvalue weighted by molar-refractivity contribution is -0.155. The molecule has 0 aromatic rings. The molecule has 20 heavy (non-hydrogen) atoms. The van der Waals surface area contributed by atoms with E-state index >= 15 is 0 Å². The summed E-state index contributed by atoms with van der Waals surface area (Å²) in [6, 6.07) is -0.401. The molecule has 1 rings (SSSR count). The summed E-state index contributed by atoms with van der Waals surface area (Å²) in [5, 5.41) is 2.95. The fraction of sp³-hybridized carbons (Fsp3) is 0.733. The zero-order valence-corrected chi connectivity index (χ0v) is 13.5. The standard InChI is InChI=1S/C15H25ClN2O2/c1-5-15(6-2)14(20)18(9-7-8-16)12(10-11(3)4)13(19)17-15/h7-8,11-12H,5-6,9-10H2,1-4H3,(H,17,19)/b8-7+. The van der Waals surface area contributed by atoms with Crippen LogP contribution >= 0.6 is 11.6 Å². The molecule has 1 aliphatic rings. The Balaban J connectivity index is 3.09. The van der Waals surface area contributed by atoms with Crippen LogP contribution in [-0.4, -0.2) is 34.8 Å². The monoisotopic (exact) mass is 300 g/mol. The van der Waals surface area contributed by atoms with Gasteiger partial charge in [-0.25, -0.2) is 0 Å². The van der Waals surface area contributed by atoms with Crippen LogP contribution in [0.2, 0.25) is 0 Å². The number of hydrogen-bond donors (Lipinski definition) is 1. The van der Waals surface area contributed by atoms with Gasteiger partial charge < -0.3 is 10.2 Å². The fourth-order valence-corrected chi connectivity index (χ4v) is 2.78. The smallest absolute Gasteiger partial charge is 0.249 e. The Hall–Kier alpha value is -1.03. The second kappa shape index (κ2) is 7.11. The lowest BCUT2D eigenvalue weighted by atomic mass is 9.85. The summed E-state index contributed by atoms with van der Waals surface area (Å²) in [5.74, 6) is 0.296. The quantitative estimate of drug-likeness (QED) is 0.820. The number of nitrogens with zero attached hydrogens (tertiary/aromatic N) is 1. The van der Waals surface area contributed by atoms with Gasteiger partial charge in [0, 0.05) is 12.1 Å². The van der Waals surface area contributed by atoms with Crippen molar-refractivity contribution >= 4 is 23.4 Å². The van der Waals surface area contributed by atoms with Crippen molar-refractivity contribution in [3.05, 3.63) is 11.6 Å². The number of carbonyl (C=O) groups is 2. The molecule has 1 unspecified atom stereocenters. The van der Waals surface area contributed by atoms with Gasteiger partial charge in [-0.3, -0.25) is 9.59 Å². The summed E-state index contributed by atoms with van der Waals surface area (Å²) in [4.78, 5) is 26.9. The maximum absolute atomic E-state index is 12.8. The largest absolute Gasteiger partial charge is 0.340 e. The first-order chi connectivity index (χ1) is 9.41. The Kier molecular flexibility index (Phi) is 6.06. The van der Waals surface area contributed by atoms with Gasteiger partial charge in [-0.1, -0.05) is 45.4 Å². The summed E-state index contributed by atoms with van der Waals surface area (Å²) in [6.45, 7) is 8.35. The normalized spacial score (nSPS) is 22.7. The molecular weight excluding hydrogens is 276 g/mol. The third-order valence-electron chi connectivity index (χ3n) is 4.00. The van der Waals surface area contributed by atoms with Crippen LogP contribution in [0, 0.1) is 5.92 Å². The molecule has 1 atom stereocenters. The fourth-order valence-electron chi connectivity index (χ4n) is 2.70. The van der Waals surface area contributed by atoms with Crippen molar-refractivity contribution in [1.29, 1.82) is 0 Å². The van der Waals surface area contributed by atoms with Crippen molar-refractivity contribution in [2.45, 2.75) is 58.5 Å². The number of halogens is 1. The molecule has 2 amide bonds. The average molecular weight is 301 g/mol. The first-order valence-corrected chi connectivity index (χ1v) is 7.73. The second-order valence-electron chi connectivity index (χ2n) is 5.74. The maximum Gasteiger partial charge on any atom is 0.249 e. The van der Waals surface area contributed by atoms with Crippen LogP contribution in [0.3, 0.4) is 0 Å². The van der Waals surface area contributed by atoms with E-state index in [2.05, 4.69) is 19.2 Å². The van der Waals surface area contributed by atoms with E-state index in [9.17, 15) is 9.59 Å². The summed E-state index contributed by atoms with van der Waals surface area (Å²) in [6.07, 6.45) is 3.58. The second-order valence-corrected chi connectivity index (χ2v) is 5.99. The Labute approximate surface area is 126 Å². The SMILES string of the molecule is CCC1(CC)NC(=O)C(CC(C)C)N(C/C=C/Cl)C1=O. The molecule has 1 N–H and O–H groups in total. The van der Waals surface area contributed by atoms with Gasteiger partial charge in [-0.15, -0.1) is 0 Å². The Morgan fingerprint density at radius 3 is 2.40 bits per heavy atom. The van der Waals surface area contributed by atoms with Gasteiger partial charge >= 0.3 is 0 Å². The predicted octanol–water partition coefficient (Wildman–Crippen LogP) is 2.67. The number of piperazine rings is 1. The van der Waals surface area contributed by atoms with Gasteiger partial charge in [0.2, 0.25) is 11.8 Å². The third kappa shape index (κ3) is 3.35. The molecule has 1 heterocycles. The number of hydrogen-bond acceptors (Lipinski definition) is 2. The highest BCUT2D eigenvalue weighted by Crippen LogP contribution is 2.27. The summed E-state index contributed by atoms with van der Waals surface area (Å²) < 4.78 is 0. The highest BCUT2D eigenvalue weighted by molar-refractivity contribution is 6.25. The molecule has 0 aromatic carbocycles. The molecule has 0 radical (unpaired) electrons. The number of amides is 2. The van der Waals surface area contributed by atoms with Gasteiger partial charge in [0.25, 0.3) is 0 Å². The Morgan fingerprint density at radius 2 is 1.95 bits per heavy atom. The van der Waals surface area contributed by atoms with Crippen LogP contribution < -0.4 is 5.32 Å². The number of rotatable bonds is 6. The molecule has 0 bridgehead atoms. The molecule has 0 spiro atoms. The Morgan fingerprint density at radius 1 is 1.35 bits per heavy atom. The van der Waals surface area contributed by atoms with Crippen molar-refractivity contribution in [3.63, 3.8) is 0 Å². The van der Waals surface area contributed by atoms with Crippen molar-refractivity contribution < 1.29 is 9.59 Å². The first-order valence-electron chi connectivity index (χ1n) is 7.30. The van der Waals surface area contributed by atoms with Gasteiger partial charge in [-0.05, 0) is 25.2 Å². The Bertz CT molecular complexity index is 389. The van der Waals surface area contributed by atoms with Crippen LogP contribution in [0.25, 0.3) is 0 Å². The molecule has 1 saturated heterocycles. The molecule has 5 heteroatoms. The topological polar surface area (TPSA) is 49.4 Å². The molecule has 1 fully saturated rings. The third-order valence-corrected chi connectivity index (χ3v) is 4.18. The van der Waals surface area contributed by atoms with Gasteiger partial charge in [-0.2, -0.15) is 0 Å². The average Bonchev–Trinajstić information content (AvgIpc) is 2.42. The van der Waals surface area contributed by atoms with E-state index in [0.717, 1.165) is 0 Å². The maximum atomic E-state index is 12.8. The predicted molar refractivity (Wildman–Crippen MR) is 81.4 cm³/mol. The van der Waals surface area contributed by atoms with E-state index in [1.807, 2.05) is 13.8 Å². The summed E-state index contributed by atoms with van der Waals surface area (Å²) in [5.41, 5.74) is 0.635. The van der Waals surface area contributed by atoms with Gasteiger partial charge in [0.15, 0.2) is 0 Å². The van der Waals surface area contributed by atoms with E-state index in [4.69, 9.17) is 11.6 Å². The molecule has 0 aliphatic carbocycles. The molecule has 1 aliphatic heterocycles. The van der Waals surface area contributed by atoms with E-state index in [1.165, 1.54) is 5.54 Å². The lowest BCUT2D eigenvalue weighted by Gasteiger charge is -2.45. The van der Waals surface area contributed by atoms with Crippen LogP contribution in [0.4, 0.5) is 0 Å². The van der Waals surface area contributed by atoms with Crippen molar-refractivity contribution in [1.82, 2.24) is 10.2 Å². The lowest BCUT2D eigenvalue weighted by Crippen LogP contribution is -2.70. The molecule has 0 aromatic heterocycles. The van der Waals surface area contributed by atoms with Gasteiger partial charge in [0.1, 0.15) is 11.6 Å². The van der Waals surface area contributed by atoms with E-state index in [0.29, 0.717) is 31.7 Å². The van der Waals surface area contributed by atoms with Crippen molar-refractivity contribution in [2.24, 2.45) is 5.92 Å². The molecular formula is C15H25ClN2O2. The minimum Gasteiger partial charge on any atom is -0.340 e. The van der Waals surface area contributed by atoms with Crippen LogP contribution in [-0.2, 0) is 9.59 Å². The van der Waals surface area contributed by atoms with E-state index < -0.39 is 11.6 Å². The minimum atomic E-state index is -0.759. The van der Waals surface area contributed by atoms with Crippen LogP contribution in [0.1, 0.15) is 47.0 Å². The van der Waals surface area contributed by atoms with Crippen LogP contribution in [0.15, 0.2) is 11.6 Å². The summed E-state index contributed by atoms with van der Waals surface area (Å²) >= 11 is 5.58. The molecule has 0 saturated carbocycles. The van der Waals surface area contributed by atoms with E-state index in [-0.39, 0.29) is 11.8 Å². The van der Waals surface area contributed by atoms with Crippen molar-refractivity contribution in [2.75, 3.05) is 6.54 Å². The zero-order chi connectivity index (χ0) is 15.3. The molecule has 114 valence electrons. The first kappa shape index (κ1) is 17.0. The number of nitrogens with one attached hydrogen (secondary N) is 1. The highest BCUT2D eigenvalue weighted by Gasteiger charge is 2.48. The molecule has 4 nitrogen and oxygen atoms in total. The van der Waals surface area contributed by atoms with Crippen molar-refractivity contribution in [3.8, 4) is 0 Å². The minimum absolute atomic E-state index is 0.00233. The van der Waals surface area contributed by atoms with Crippen LogP contribution in [0.5, 0.6) is 0 Å².